The molecule has 0 aliphatic rings. The molecule has 3 heteroatoms. The average molecular weight is 292 g/mol. The van der Waals surface area contributed by atoms with Gasteiger partial charge in [-0.1, -0.05) is 35.9 Å². The number of hydrogen-bond donors (Lipinski definition) is 0. The van der Waals surface area contributed by atoms with E-state index in [2.05, 4.69) is 0 Å². The van der Waals surface area contributed by atoms with Crippen molar-refractivity contribution in [2.24, 2.45) is 0 Å². The Morgan fingerprint density at radius 3 is 2.59 bits per heavy atom. The van der Waals surface area contributed by atoms with E-state index >= 15 is 0 Å². The maximum absolute atomic E-state index is 12.4. The van der Waals surface area contributed by atoms with Crippen LogP contribution in [0, 0.1) is 6.92 Å². The standard InChI is InChI=1S/C19H16O3/c1-13-3-5-14(6-4-13)7-9-17(20)15-8-10-18-16(11-12-22-18)19(15)21-2/h3-12H,1-2H3/b9-7+. The second kappa shape index (κ2) is 5.90. The summed E-state index contributed by atoms with van der Waals surface area (Å²) in [7, 11) is 1.56. The normalized spacial score (nSPS) is 11.2. The highest BCUT2D eigenvalue weighted by Crippen LogP contribution is 2.31. The number of ether oxygens (including phenoxy) is 1. The summed E-state index contributed by atoms with van der Waals surface area (Å²) in [5.74, 6) is 0.449. The smallest absolute Gasteiger partial charge is 0.189 e. The lowest BCUT2D eigenvalue weighted by atomic mass is 10.1. The highest BCUT2D eigenvalue weighted by molar-refractivity contribution is 6.11. The SMILES string of the molecule is COc1c(C(=O)/C=C/c2ccc(C)cc2)ccc2occc12. The number of hydrogen-bond acceptors (Lipinski definition) is 3. The van der Waals surface area contributed by atoms with Crippen LogP contribution >= 0.6 is 0 Å². The number of carbonyl (C=O) groups is 1. The van der Waals surface area contributed by atoms with Crippen molar-refractivity contribution in [2.45, 2.75) is 6.92 Å². The van der Waals surface area contributed by atoms with Crippen molar-refractivity contribution in [2.75, 3.05) is 7.11 Å². The number of fused-ring (bicyclic) bond motifs is 1. The lowest BCUT2D eigenvalue weighted by Crippen LogP contribution is -1.99. The van der Waals surface area contributed by atoms with E-state index in [0.717, 1.165) is 10.9 Å². The summed E-state index contributed by atoms with van der Waals surface area (Å²) >= 11 is 0. The van der Waals surface area contributed by atoms with Gasteiger partial charge in [0.15, 0.2) is 5.78 Å². The van der Waals surface area contributed by atoms with Crippen LogP contribution in [0.4, 0.5) is 0 Å². The third-order valence-electron chi connectivity index (χ3n) is 3.56. The molecule has 3 rings (SSSR count). The summed E-state index contributed by atoms with van der Waals surface area (Å²) in [4.78, 5) is 12.4. The van der Waals surface area contributed by atoms with E-state index < -0.39 is 0 Å². The number of benzene rings is 2. The molecule has 110 valence electrons. The molecular formula is C19H16O3. The number of ketones is 1. The fourth-order valence-electron chi connectivity index (χ4n) is 2.37. The zero-order valence-electron chi connectivity index (χ0n) is 12.5. The van der Waals surface area contributed by atoms with E-state index in [1.54, 1.807) is 43.7 Å². The summed E-state index contributed by atoms with van der Waals surface area (Å²) in [6.45, 7) is 2.03. The molecule has 0 aliphatic carbocycles. The summed E-state index contributed by atoms with van der Waals surface area (Å²) < 4.78 is 10.7. The van der Waals surface area contributed by atoms with Crippen LogP contribution in [0.15, 0.2) is 59.2 Å². The van der Waals surface area contributed by atoms with Gasteiger partial charge in [0.1, 0.15) is 11.3 Å². The molecule has 3 nitrogen and oxygen atoms in total. The molecule has 3 aromatic rings. The summed E-state index contributed by atoms with van der Waals surface area (Å²) in [5.41, 5.74) is 3.41. The van der Waals surface area contributed by atoms with Gasteiger partial charge in [-0.05, 0) is 36.8 Å². The van der Waals surface area contributed by atoms with Crippen molar-refractivity contribution in [3.05, 3.63) is 71.5 Å². The molecule has 22 heavy (non-hydrogen) atoms. The molecule has 0 amide bonds. The van der Waals surface area contributed by atoms with Crippen LogP contribution in [-0.4, -0.2) is 12.9 Å². The minimum Gasteiger partial charge on any atom is -0.495 e. The van der Waals surface area contributed by atoms with Crippen molar-refractivity contribution < 1.29 is 13.9 Å². The lowest BCUT2D eigenvalue weighted by molar-refractivity contribution is 0.104. The van der Waals surface area contributed by atoms with Crippen molar-refractivity contribution in [1.29, 1.82) is 0 Å². The van der Waals surface area contributed by atoms with Crippen LogP contribution in [0.5, 0.6) is 5.75 Å². The van der Waals surface area contributed by atoms with Crippen LogP contribution in [-0.2, 0) is 0 Å². The van der Waals surface area contributed by atoms with Crippen LogP contribution in [0.25, 0.3) is 17.0 Å². The maximum atomic E-state index is 12.4. The number of furan rings is 1. The van der Waals surface area contributed by atoms with Gasteiger partial charge in [-0.15, -0.1) is 0 Å². The highest BCUT2D eigenvalue weighted by Gasteiger charge is 2.14. The monoisotopic (exact) mass is 292 g/mol. The Bertz CT molecular complexity index is 839. The fraction of sp³-hybridized carbons (Fsp3) is 0.105. The molecule has 0 aliphatic heterocycles. The first-order valence-corrected chi connectivity index (χ1v) is 7.02. The number of carbonyl (C=O) groups excluding carboxylic acids is 1. The van der Waals surface area contributed by atoms with Gasteiger partial charge in [0.2, 0.25) is 0 Å². The molecule has 0 radical (unpaired) electrons. The molecule has 0 unspecified atom stereocenters. The molecule has 0 N–H and O–H groups in total. The van der Waals surface area contributed by atoms with E-state index in [-0.39, 0.29) is 5.78 Å². The van der Waals surface area contributed by atoms with Crippen LogP contribution in [0.3, 0.4) is 0 Å². The van der Waals surface area contributed by atoms with Gasteiger partial charge in [0.25, 0.3) is 0 Å². The molecular weight excluding hydrogens is 276 g/mol. The second-order valence-electron chi connectivity index (χ2n) is 5.09. The summed E-state index contributed by atoms with van der Waals surface area (Å²) in [6.07, 6.45) is 4.96. The number of aryl methyl sites for hydroxylation is 1. The minimum absolute atomic E-state index is 0.0967. The average Bonchev–Trinajstić information content (AvgIpc) is 3.01. The lowest BCUT2D eigenvalue weighted by Gasteiger charge is -2.06. The molecule has 0 saturated carbocycles. The molecule has 1 heterocycles. The molecule has 0 atom stereocenters. The van der Waals surface area contributed by atoms with Gasteiger partial charge in [0, 0.05) is 0 Å². The zero-order chi connectivity index (χ0) is 15.5. The zero-order valence-corrected chi connectivity index (χ0v) is 12.5. The van der Waals surface area contributed by atoms with Crippen molar-refractivity contribution in [1.82, 2.24) is 0 Å². The topological polar surface area (TPSA) is 39.4 Å². The quantitative estimate of drug-likeness (QED) is 0.519. The maximum Gasteiger partial charge on any atom is 0.189 e. The Hall–Kier alpha value is -2.81. The Morgan fingerprint density at radius 2 is 1.86 bits per heavy atom. The van der Waals surface area contributed by atoms with E-state index in [4.69, 9.17) is 9.15 Å². The van der Waals surface area contributed by atoms with Crippen molar-refractivity contribution >= 4 is 22.8 Å². The van der Waals surface area contributed by atoms with E-state index in [9.17, 15) is 4.79 Å². The van der Waals surface area contributed by atoms with Gasteiger partial charge in [-0.3, -0.25) is 4.79 Å². The number of rotatable bonds is 4. The van der Waals surface area contributed by atoms with Gasteiger partial charge < -0.3 is 9.15 Å². The molecule has 2 aromatic carbocycles. The van der Waals surface area contributed by atoms with Gasteiger partial charge in [-0.2, -0.15) is 0 Å². The largest absolute Gasteiger partial charge is 0.495 e. The van der Waals surface area contributed by atoms with Gasteiger partial charge >= 0.3 is 0 Å². The van der Waals surface area contributed by atoms with E-state index in [1.807, 2.05) is 31.2 Å². The van der Waals surface area contributed by atoms with Gasteiger partial charge in [0.05, 0.1) is 24.3 Å². The Labute approximate surface area is 128 Å². The Kier molecular flexibility index (Phi) is 3.79. The summed E-state index contributed by atoms with van der Waals surface area (Å²) in [6, 6.07) is 13.3. The molecule has 1 aromatic heterocycles. The molecule has 0 fully saturated rings. The highest BCUT2D eigenvalue weighted by atomic mass is 16.5. The number of allylic oxidation sites excluding steroid dienone is 1. The third-order valence-corrected chi connectivity index (χ3v) is 3.56. The van der Waals surface area contributed by atoms with Crippen molar-refractivity contribution in [3.8, 4) is 5.75 Å². The predicted molar refractivity (Wildman–Crippen MR) is 87.3 cm³/mol. The van der Waals surface area contributed by atoms with Crippen LogP contribution in [0.1, 0.15) is 21.5 Å². The molecule has 0 spiro atoms. The van der Waals surface area contributed by atoms with E-state index in [1.165, 1.54) is 5.56 Å². The first-order chi connectivity index (χ1) is 10.7. The van der Waals surface area contributed by atoms with E-state index in [0.29, 0.717) is 16.9 Å². The third kappa shape index (κ3) is 2.66. The van der Waals surface area contributed by atoms with Crippen LogP contribution in [0.2, 0.25) is 0 Å². The fourth-order valence-corrected chi connectivity index (χ4v) is 2.37. The first kappa shape index (κ1) is 14.1. The minimum atomic E-state index is -0.0967. The second-order valence-corrected chi connectivity index (χ2v) is 5.09. The molecule has 0 saturated heterocycles. The Morgan fingerprint density at radius 1 is 1.09 bits per heavy atom. The van der Waals surface area contributed by atoms with Gasteiger partial charge in [-0.25, -0.2) is 0 Å². The molecule has 0 bridgehead atoms. The predicted octanol–water partition coefficient (Wildman–Crippen LogP) is 4.65. The van der Waals surface area contributed by atoms with Crippen LogP contribution < -0.4 is 4.74 Å². The summed E-state index contributed by atoms with van der Waals surface area (Å²) in [5, 5.41) is 0.803. The first-order valence-electron chi connectivity index (χ1n) is 7.02. The number of methoxy groups -OCH3 is 1. The van der Waals surface area contributed by atoms with Crippen molar-refractivity contribution in [3.63, 3.8) is 0 Å². The Balaban J connectivity index is 1.93.